The number of ether oxygens (including phenoxy) is 1. The van der Waals surface area contributed by atoms with Gasteiger partial charge in [0.05, 0.1) is 5.69 Å². The lowest BCUT2D eigenvalue weighted by atomic mass is 9.71. The van der Waals surface area contributed by atoms with Crippen molar-refractivity contribution in [3.05, 3.63) is 18.2 Å². The third-order valence-electron chi connectivity index (χ3n) is 5.50. The van der Waals surface area contributed by atoms with Crippen molar-refractivity contribution < 1.29 is 23.4 Å². The highest BCUT2D eigenvalue weighted by Gasteiger charge is 2.38. The summed E-state index contributed by atoms with van der Waals surface area (Å²) in [5, 5.41) is 9.07. The fourth-order valence-corrected chi connectivity index (χ4v) is 3.83. The molecule has 2 fully saturated rings. The van der Waals surface area contributed by atoms with Gasteiger partial charge in [-0.3, -0.25) is 0 Å². The molecule has 2 aliphatic heterocycles. The van der Waals surface area contributed by atoms with E-state index in [1.165, 1.54) is 4.90 Å². The zero-order valence-electron chi connectivity index (χ0n) is 14.0. The van der Waals surface area contributed by atoms with Crippen LogP contribution in [0.25, 0.3) is 0 Å². The van der Waals surface area contributed by atoms with E-state index in [0.29, 0.717) is 13.1 Å². The first-order chi connectivity index (χ1) is 11.9. The van der Waals surface area contributed by atoms with Crippen molar-refractivity contribution in [2.45, 2.75) is 32.3 Å². The minimum Gasteiger partial charge on any atom is -0.465 e. The molecule has 0 bridgehead atoms. The average Bonchev–Trinajstić information content (AvgIpc) is 2.58. The molecule has 0 aliphatic carbocycles. The minimum atomic E-state index is -2.90. The molecule has 2 saturated heterocycles. The molecule has 3 N–H and O–H groups in total. The van der Waals surface area contributed by atoms with E-state index >= 15 is 0 Å². The van der Waals surface area contributed by atoms with Crippen molar-refractivity contribution in [2.24, 2.45) is 5.41 Å². The van der Waals surface area contributed by atoms with Gasteiger partial charge in [0.15, 0.2) is 5.75 Å². The van der Waals surface area contributed by atoms with E-state index < -0.39 is 12.7 Å². The second-order valence-electron chi connectivity index (χ2n) is 6.86. The highest BCUT2D eigenvalue weighted by Crippen LogP contribution is 2.42. The average molecular weight is 355 g/mol. The number of benzene rings is 1. The van der Waals surface area contributed by atoms with E-state index in [1.54, 1.807) is 12.1 Å². The maximum Gasteiger partial charge on any atom is 0.407 e. The summed E-state index contributed by atoms with van der Waals surface area (Å²) in [6.07, 6.45) is 2.86. The molecule has 8 heteroatoms. The Kier molecular flexibility index (Phi) is 4.87. The maximum absolute atomic E-state index is 12.5. The summed E-state index contributed by atoms with van der Waals surface area (Å²) in [6.45, 7) is -0.106. The number of nitrogen functional groups attached to an aromatic ring is 1. The standard InChI is InChI=1S/C17H23F2N3O3/c18-15(19)25-14-11-12(1-2-13(14)20)21-7-3-17(4-8-21)5-9-22(10-6-17)16(23)24/h1-2,11,15H,3-10,20H2,(H,23,24). The lowest BCUT2D eigenvalue weighted by Crippen LogP contribution is -2.48. The van der Waals surface area contributed by atoms with E-state index in [9.17, 15) is 13.6 Å². The number of carboxylic acid groups (broad SMARTS) is 1. The van der Waals surface area contributed by atoms with Gasteiger partial charge in [-0.25, -0.2) is 4.79 Å². The molecule has 6 nitrogen and oxygen atoms in total. The number of halogens is 2. The molecule has 1 aromatic rings. The number of hydrogen-bond acceptors (Lipinski definition) is 4. The van der Waals surface area contributed by atoms with Crippen molar-refractivity contribution in [1.82, 2.24) is 4.90 Å². The van der Waals surface area contributed by atoms with Crippen LogP contribution in [0.5, 0.6) is 5.75 Å². The van der Waals surface area contributed by atoms with Crippen LogP contribution in [0.4, 0.5) is 25.0 Å². The predicted octanol–water partition coefficient (Wildman–Crippen LogP) is 3.23. The molecular weight excluding hydrogens is 332 g/mol. The van der Waals surface area contributed by atoms with Gasteiger partial charge >= 0.3 is 12.7 Å². The number of alkyl halides is 2. The largest absolute Gasteiger partial charge is 0.465 e. The SMILES string of the molecule is Nc1ccc(N2CCC3(CCN(C(=O)O)CC3)CC2)cc1OC(F)F. The van der Waals surface area contributed by atoms with Crippen molar-refractivity contribution in [2.75, 3.05) is 36.8 Å². The Morgan fingerprint density at radius 1 is 1.16 bits per heavy atom. The van der Waals surface area contributed by atoms with Crippen LogP contribution in [-0.2, 0) is 0 Å². The summed E-state index contributed by atoms with van der Waals surface area (Å²) < 4.78 is 29.4. The van der Waals surface area contributed by atoms with Crippen LogP contribution in [0.1, 0.15) is 25.7 Å². The Morgan fingerprint density at radius 3 is 2.32 bits per heavy atom. The molecule has 2 heterocycles. The van der Waals surface area contributed by atoms with E-state index in [4.69, 9.17) is 10.8 Å². The quantitative estimate of drug-likeness (QED) is 0.814. The van der Waals surface area contributed by atoms with Gasteiger partial charge in [0.1, 0.15) is 0 Å². The van der Waals surface area contributed by atoms with Gasteiger partial charge in [0.25, 0.3) is 0 Å². The fraction of sp³-hybridized carbons (Fsp3) is 0.588. The second-order valence-corrected chi connectivity index (χ2v) is 6.86. The van der Waals surface area contributed by atoms with Gasteiger partial charge in [0, 0.05) is 37.9 Å². The molecule has 3 rings (SSSR count). The molecule has 0 unspecified atom stereocenters. The molecule has 0 radical (unpaired) electrons. The summed E-state index contributed by atoms with van der Waals surface area (Å²) in [6, 6.07) is 4.97. The number of piperidine rings is 2. The van der Waals surface area contributed by atoms with Gasteiger partial charge < -0.3 is 25.4 Å². The van der Waals surface area contributed by atoms with E-state index in [0.717, 1.165) is 44.5 Å². The first kappa shape index (κ1) is 17.6. The van der Waals surface area contributed by atoms with Gasteiger partial charge in [-0.2, -0.15) is 8.78 Å². The number of amides is 1. The summed E-state index contributed by atoms with van der Waals surface area (Å²) in [5.41, 5.74) is 6.90. The Labute approximate surface area is 145 Å². The molecule has 2 aliphatic rings. The number of nitrogens with zero attached hydrogens (tertiary/aromatic N) is 2. The van der Waals surface area contributed by atoms with Crippen molar-refractivity contribution in [3.63, 3.8) is 0 Å². The fourth-order valence-electron chi connectivity index (χ4n) is 3.83. The number of carbonyl (C=O) groups is 1. The third kappa shape index (κ3) is 3.88. The first-order valence-electron chi connectivity index (χ1n) is 8.46. The van der Waals surface area contributed by atoms with E-state index in [2.05, 4.69) is 9.64 Å². The van der Waals surface area contributed by atoms with Crippen LogP contribution in [0.2, 0.25) is 0 Å². The van der Waals surface area contributed by atoms with Crippen LogP contribution in [0.15, 0.2) is 18.2 Å². The lowest BCUT2D eigenvalue weighted by Gasteiger charge is -2.47. The summed E-state index contributed by atoms with van der Waals surface area (Å²) in [5.74, 6) is 0.00236. The zero-order chi connectivity index (χ0) is 18.0. The van der Waals surface area contributed by atoms with E-state index in [1.807, 2.05) is 6.07 Å². The van der Waals surface area contributed by atoms with Gasteiger partial charge in [-0.1, -0.05) is 0 Å². The smallest absolute Gasteiger partial charge is 0.407 e. The lowest BCUT2D eigenvalue weighted by molar-refractivity contribution is -0.0493. The predicted molar refractivity (Wildman–Crippen MR) is 90.2 cm³/mol. The topological polar surface area (TPSA) is 79.0 Å². The summed E-state index contributed by atoms with van der Waals surface area (Å²) >= 11 is 0. The Morgan fingerprint density at radius 2 is 1.76 bits per heavy atom. The number of hydrogen-bond donors (Lipinski definition) is 2. The summed E-state index contributed by atoms with van der Waals surface area (Å²) in [7, 11) is 0. The minimum absolute atomic E-state index is 0.00236. The molecule has 1 aromatic carbocycles. The summed E-state index contributed by atoms with van der Waals surface area (Å²) in [4.78, 5) is 14.7. The van der Waals surface area contributed by atoms with Crippen LogP contribution < -0.4 is 15.4 Å². The van der Waals surface area contributed by atoms with Crippen LogP contribution in [0.3, 0.4) is 0 Å². The number of rotatable bonds is 3. The number of likely N-dealkylation sites (tertiary alicyclic amines) is 1. The maximum atomic E-state index is 12.5. The molecule has 1 amide bonds. The molecule has 138 valence electrons. The Bertz CT molecular complexity index is 624. The van der Waals surface area contributed by atoms with E-state index in [-0.39, 0.29) is 16.9 Å². The second kappa shape index (κ2) is 6.93. The third-order valence-corrected chi connectivity index (χ3v) is 5.50. The Hall–Kier alpha value is -2.25. The number of nitrogens with two attached hydrogens (primary N) is 1. The zero-order valence-corrected chi connectivity index (χ0v) is 14.0. The van der Waals surface area contributed by atoms with Crippen LogP contribution >= 0.6 is 0 Å². The van der Waals surface area contributed by atoms with Gasteiger partial charge in [-0.05, 0) is 43.2 Å². The molecule has 0 aromatic heterocycles. The van der Waals surface area contributed by atoms with Gasteiger partial charge in [0.2, 0.25) is 0 Å². The molecule has 25 heavy (non-hydrogen) atoms. The van der Waals surface area contributed by atoms with Crippen LogP contribution in [-0.4, -0.2) is 48.9 Å². The first-order valence-corrected chi connectivity index (χ1v) is 8.46. The van der Waals surface area contributed by atoms with Crippen molar-refractivity contribution >= 4 is 17.5 Å². The molecule has 0 saturated carbocycles. The Balaban J connectivity index is 1.62. The van der Waals surface area contributed by atoms with Crippen molar-refractivity contribution in [3.8, 4) is 5.75 Å². The number of anilines is 2. The van der Waals surface area contributed by atoms with Crippen LogP contribution in [0, 0.1) is 5.41 Å². The highest BCUT2D eigenvalue weighted by atomic mass is 19.3. The van der Waals surface area contributed by atoms with Crippen molar-refractivity contribution in [1.29, 1.82) is 0 Å². The molecule has 0 atom stereocenters. The monoisotopic (exact) mass is 355 g/mol. The highest BCUT2D eigenvalue weighted by molar-refractivity contribution is 5.65. The molecular formula is C17H23F2N3O3. The van der Waals surface area contributed by atoms with Gasteiger partial charge in [-0.15, -0.1) is 0 Å². The molecule has 1 spiro atoms. The normalized spacial score (nSPS) is 20.1.